The van der Waals surface area contributed by atoms with Gasteiger partial charge in [-0.3, -0.25) is 9.78 Å². The van der Waals surface area contributed by atoms with Gasteiger partial charge in [-0.2, -0.15) is 0 Å². The van der Waals surface area contributed by atoms with E-state index in [1.807, 2.05) is 24.3 Å². The third-order valence-electron chi connectivity index (χ3n) is 6.05. The maximum Gasteiger partial charge on any atom is 0.235 e. The Morgan fingerprint density at radius 1 is 1.10 bits per heavy atom. The van der Waals surface area contributed by atoms with Crippen molar-refractivity contribution >= 4 is 22.5 Å². The fraction of sp³-hybridized carbons (Fsp3) is 0.385. The third kappa shape index (κ3) is 3.91. The van der Waals surface area contributed by atoms with E-state index in [1.165, 1.54) is 5.56 Å². The molecule has 4 rings (SSSR count). The Morgan fingerprint density at radius 2 is 1.83 bits per heavy atom. The van der Waals surface area contributed by atoms with Crippen molar-refractivity contribution in [3.8, 4) is 5.75 Å². The van der Waals surface area contributed by atoms with Crippen LogP contribution in [0.2, 0.25) is 0 Å². The van der Waals surface area contributed by atoms with Crippen molar-refractivity contribution in [3.05, 3.63) is 65.9 Å². The second kappa shape index (κ2) is 8.47. The van der Waals surface area contributed by atoms with Crippen molar-refractivity contribution in [3.63, 3.8) is 0 Å². The molecule has 1 heterocycles. The Balaban J connectivity index is 1.67. The maximum absolute atomic E-state index is 13.6. The van der Waals surface area contributed by atoms with Crippen LogP contribution in [0.1, 0.15) is 50.7 Å². The summed E-state index contributed by atoms with van der Waals surface area (Å²) in [5, 5.41) is 4.15. The normalized spacial score (nSPS) is 15.5. The number of carbonyl (C=O) groups excluding carboxylic acids is 1. The first-order valence-electron chi connectivity index (χ1n) is 10.9. The van der Waals surface area contributed by atoms with Crippen LogP contribution in [0.4, 0.5) is 5.69 Å². The maximum atomic E-state index is 13.6. The van der Waals surface area contributed by atoms with Gasteiger partial charge in [0.2, 0.25) is 5.91 Å². The van der Waals surface area contributed by atoms with Crippen molar-refractivity contribution in [2.75, 3.05) is 11.9 Å². The van der Waals surface area contributed by atoms with Crippen LogP contribution in [0.3, 0.4) is 0 Å². The number of amides is 1. The number of nitrogens with one attached hydrogen (secondary N) is 1. The Hall–Kier alpha value is -2.88. The number of benzene rings is 2. The van der Waals surface area contributed by atoms with E-state index in [1.54, 1.807) is 6.20 Å². The predicted octanol–water partition coefficient (Wildman–Crippen LogP) is 6.03. The van der Waals surface area contributed by atoms with E-state index in [-0.39, 0.29) is 5.91 Å². The topological polar surface area (TPSA) is 51.2 Å². The van der Waals surface area contributed by atoms with Gasteiger partial charge in [-0.25, -0.2) is 0 Å². The van der Waals surface area contributed by atoms with E-state index in [0.717, 1.165) is 53.6 Å². The summed E-state index contributed by atoms with van der Waals surface area (Å²) in [6, 6.07) is 16.2. The highest BCUT2D eigenvalue weighted by Crippen LogP contribution is 2.42. The van der Waals surface area contributed by atoms with Crippen molar-refractivity contribution in [1.82, 2.24) is 4.98 Å². The zero-order valence-corrected chi connectivity index (χ0v) is 18.1. The number of hydrogen-bond acceptors (Lipinski definition) is 3. The van der Waals surface area contributed by atoms with Crippen molar-refractivity contribution in [2.24, 2.45) is 5.92 Å². The first kappa shape index (κ1) is 20.4. The van der Waals surface area contributed by atoms with Gasteiger partial charge in [-0.15, -0.1) is 0 Å². The Kier molecular flexibility index (Phi) is 5.76. The van der Waals surface area contributed by atoms with Gasteiger partial charge in [0.15, 0.2) is 0 Å². The first-order chi connectivity index (χ1) is 14.5. The van der Waals surface area contributed by atoms with E-state index in [4.69, 9.17) is 4.74 Å². The zero-order chi connectivity index (χ0) is 21.1. The summed E-state index contributed by atoms with van der Waals surface area (Å²) in [6.07, 6.45) is 5.68. The van der Waals surface area contributed by atoms with Crippen molar-refractivity contribution < 1.29 is 9.53 Å². The molecule has 30 heavy (non-hydrogen) atoms. The molecule has 1 amide bonds. The standard InChI is InChI=1S/C26H30N2O2/c1-18(2)17-30-23-13-12-22(21-7-6-16-27-24(21)23)28-25(29)26(14-4-5-15-26)20-10-8-19(3)9-11-20/h6-13,16,18H,4-5,14-15,17H2,1-3H3,(H,28,29). The number of anilines is 1. The quantitative estimate of drug-likeness (QED) is 0.548. The lowest BCUT2D eigenvalue weighted by atomic mass is 9.77. The van der Waals surface area contributed by atoms with Crippen LogP contribution in [0, 0.1) is 12.8 Å². The number of hydrogen-bond donors (Lipinski definition) is 1. The molecule has 1 fully saturated rings. The van der Waals surface area contributed by atoms with Gasteiger partial charge in [0.25, 0.3) is 0 Å². The number of aromatic nitrogens is 1. The van der Waals surface area contributed by atoms with E-state index < -0.39 is 5.41 Å². The van der Waals surface area contributed by atoms with Crippen LogP contribution in [-0.2, 0) is 10.2 Å². The number of nitrogens with zero attached hydrogens (tertiary/aromatic N) is 1. The number of rotatable bonds is 6. The third-order valence-corrected chi connectivity index (χ3v) is 6.05. The fourth-order valence-corrected chi connectivity index (χ4v) is 4.37. The summed E-state index contributed by atoms with van der Waals surface area (Å²) in [4.78, 5) is 18.1. The molecule has 4 nitrogen and oxygen atoms in total. The van der Waals surface area contributed by atoms with Gasteiger partial charge in [0.1, 0.15) is 11.3 Å². The molecule has 0 radical (unpaired) electrons. The molecular formula is C26H30N2O2. The minimum atomic E-state index is -0.463. The highest BCUT2D eigenvalue weighted by Gasteiger charge is 2.42. The van der Waals surface area contributed by atoms with Gasteiger partial charge in [0.05, 0.1) is 17.7 Å². The van der Waals surface area contributed by atoms with E-state index in [2.05, 4.69) is 55.3 Å². The summed E-state index contributed by atoms with van der Waals surface area (Å²) in [5.74, 6) is 1.26. The van der Waals surface area contributed by atoms with Gasteiger partial charge in [-0.05, 0) is 55.5 Å². The SMILES string of the molecule is Cc1ccc(C2(C(=O)Nc3ccc(OCC(C)C)c4ncccc34)CCCC2)cc1. The molecule has 0 saturated heterocycles. The van der Waals surface area contributed by atoms with E-state index in [9.17, 15) is 4.79 Å². The van der Waals surface area contributed by atoms with Gasteiger partial charge in [-0.1, -0.05) is 56.5 Å². The lowest BCUT2D eigenvalue weighted by Gasteiger charge is -2.29. The second-order valence-corrected chi connectivity index (χ2v) is 8.83. The Labute approximate surface area is 178 Å². The Bertz CT molecular complexity index is 1030. The predicted molar refractivity (Wildman–Crippen MR) is 122 cm³/mol. The highest BCUT2D eigenvalue weighted by molar-refractivity contribution is 6.06. The summed E-state index contributed by atoms with van der Waals surface area (Å²) in [7, 11) is 0. The average molecular weight is 403 g/mol. The van der Waals surface area contributed by atoms with Crippen LogP contribution < -0.4 is 10.1 Å². The smallest absolute Gasteiger partial charge is 0.235 e. The second-order valence-electron chi connectivity index (χ2n) is 8.83. The van der Waals surface area contributed by atoms with Gasteiger partial charge in [0, 0.05) is 11.6 Å². The summed E-state index contributed by atoms with van der Waals surface area (Å²) >= 11 is 0. The molecule has 1 aliphatic carbocycles. The lowest BCUT2D eigenvalue weighted by molar-refractivity contribution is -0.121. The highest BCUT2D eigenvalue weighted by atomic mass is 16.5. The summed E-state index contributed by atoms with van der Waals surface area (Å²) in [5.41, 5.74) is 3.43. The molecule has 1 N–H and O–H groups in total. The number of fused-ring (bicyclic) bond motifs is 1. The lowest BCUT2D eigenvalue weighted by Crippen LogP contribution is -2.38. The summed E-state index contributed by atoms with van der Waals surface area (Å²) in [6.45, 7) is 6.95. The van der Waals surface area contributed by atoms with Crippen LogP contribution in [0.5, 0.6) is 5.75 Å². The zero-order valence-electron chi connectivity index (χ0n) is 18.1. The largest absolute Gasteiger partial charge is 0.491 e. The molecule has 1 aliphatic rings. The van der Waals surface area contributed by atoms with Crippen LogP contribution >= 0.6 is 0 Å². The molecule has 1 aromatic heterocycles. The minimum absolute atomic E-state index is 0.0739. The van der Waals surface area contributed by atoms with Crippen LogP contribution in [-0.4, -0.2) is 17.5 Å². The molecule has 0 atom stereocenters. The van der Waals surface area contributed by atoms with Crippen LogP contribution in [0.15, 0.2) is 54.7 Å². The first-order valence-corrected chi connectivity index (χ1v) is 10.9. The number of aryl methyl sites for hydroxylation is 1. The number of pyridine rings is 1. The van der Waals surface area contributed by atoms with E-state index >= 15 is 0 Å². The molecule has 156 valence electrons. The van der Waals surface area contributed by atoms with Crippen LogP contribution in [0.25, 0.3) is 10.9 Å². The number of ether oxygens (including phenoxy) is 1. The molecule has 3 aromatic rings. The molecule has 4 heteroatoms. The van der Waals surface area contributed by atoms with Gasteiger partial charge < -0.3 is 10.1 Å². The molecule has 0 spiro atoms. The average Bonchev–Trinajstić information content (AvgIpc) is 3.25. The van der Waals surface area contributed by atoms with E-state index in [0.29, 0.717) is 12.5 Å². The van der Waals surface area contributed by atoms with Crippen molar-refractivity contribution in [2.45, 2.75) is 51.9 Å². The molecular weight excluding hydrogens is 372 g/mol. The molecule has 0 unspecified atom stereocenters. The van der Waals surface area contributed by atoms with Crippen molar-refractivity contribution in [1.29, 1.82) is 0 Å². The fourth-order valence-electron chi connectivity index (χ4n) is 4.37. The number of carbonyl (C=O) groups is 1. The molecule has 2 aromatic carbocycles. The molecule has 0 bridgehead atoms. The van der Waals surface area contributed by atoms with Gasteiger partial charge >= 0.3 is 0 Å². The Morgan fingerprint density at radius 3 is 2.53 bits per heavy atom. The monoisotopic (exact) mass is 402 g/mol. The molecule has 1 saturated carbocycles. The minimum Gasteiger partial charge on any atom is -0.491 e. The summed E-state index contributed by atoms with van der Waals surface area (Å²) < 4.78 is 5.97. The molecule has 0 aliphatic heterocycles.